The lowest BCUT2D eigenvalue weighted by atomic mass is 9.81. The molecule has 3 rings (SSSR count). The first-order chi connectivity index (χ1) is 19.9. The Morgan fingerprint density at radius 2 is 0.548 bits per heavy atom. The third-order valence-corrected chi connectivity index (χ3v) is 5.90. The van der Waals surface area contributed by atoms with Crippen LogP contribution in [-0.4, -0.2) is 71.2 Å². The third-order valence-electron chi connectivity index (χ3n) is 5.90. The number of halogens is 4. The van der Waals surface area contributed by atoms with E-state index in [9.17, 15) is 17.3 Å². The molecule has 0 atom stereocenters. The van der Waals surface area contributed by atoms with E-state index in [4.69, 9.17) is 42.6 Å². The molecule has 0 spiro atoms. The van der Waals surface area contributed by atoms with Crippen molar-refractivity contribution >= 4 is 7.25 Å². The van der Waals surface area contributed by atoms with Gasteiger partial charge in [-0.15, -0.1) is 0 Å². The largest absolute Gasteiger partial charge is 0.673 e. The minimum atomic E-state index is -6.00. The summed E-state index contributed by atoms with van der Waals surface area (Å²) in [6.07, 6.45) is 0. The zero-order chi connectivity index (χ0) is 31.6. The lowest BCUT2D eigenvalue weighted by Crippen LogP contribution is -2.14. The van der Waals surface area contributed by atoms with Crippen LogP contribution in [0.4, 0.5) is 17.3 Å². The summed E-state index contributed by atoms with van der Waals surface area (Å²) < 4.78 is 90.5. The highest BCUT2D eigenvalue weighted by atomic mass is 19.5. The van der Waals surface area contributed by atoms with Gasteiger partial charge in [0.15, 0.2) is 34.5 Å². The number of rotatable bonds is 12. The van der Waals surface area contributed by atoms with Gasteiger partial charge in [0.1, 0.15) is 33.9 Å². The zero-order valence-corrected chi connectivity index (χ0v) is 24.7. The highest BCUT2D eigenvalue weighted by Gasteiger charge is 2.41. The molecule has 0 unspecified atom stereocenters. The first-order valence-electron chi connectivity index (χ1n) is 12.1. The van der Waals surface area contributed by atoms with E-state index in [1.165, 1.54) is 0 Å². The summed E-state index contributed by atoms with van der Waals surface area (Å²) in [4.78, 5) is 0. The zero-order valence-electron chi connectivity index (χ0n) is 24.7. The summed E-state index contributed by atoms with van der Waals surface area (Å²) in [6, 6.07) is 10.6. The van der Waals surface area contributed by atoms with Crippen molar-refractivity contribution in [3.8, 4) is 51.7 Å². The number of methoxy groups -OCH3 is 9. The number of hydrogen-bond acceptors (Lipinski definition) is 9. The van der Waals surface area contributed by atoms with Crippen molar-refractivity contribution in [3.63, 3.8) is 0 Å². The first-order valence-corrected chi connectivity index (χ1v) is 12.1. The Kier molecular flexibility index (Phi) is 12.0. The fourth-order valence-electron chi connectivity index (χ4n) is 4.13. The summed E-state index contributed by atoms with van der Waals surface area (Å²) in [7, 11) is 8.14. The Labute approximate surface area is 242 Å². The normalized spacial score (nSPS) is 10.5. The molecule has 14 heteroatoms. The van der Waals surface area contributed by atoms with E-state index < -0.39 is 7.25 Å². The molecule has 0 aliphatic rings. The average molecular weight is 600 g/mol. The molecule has 230 valence electrons. The van der Waals surface area contributed by atoms with Gasteiger partial charge >= 0.3 is 7.25 Å². The Morgan fingerprint density at radius 1 is 0.381 bits per heavy atom. The van der Waals surface area contributed by atoms with Gasteiger partial charge in [0.25, 0.3) is 0 Å². The minimum Gasteiger partial charge on any atom is -0.495 e. The van der Waals surface area contributed by atoms with E-state index in [1.807, 2.05) is 0 Å². The molecule has 3 aromatic rings. The summed E-state index contributed by atoms with van der Waals surface area (Å²) in [5.41, 5.74) is 1.78. The van der Waals surface area contributed by atoms with E-state index in [2.05, 4.69) is 0 Å². The monoisotopic (exact) mass is 600 g/mol. The fraction of sp³-hybridized carbons (Fsp3) is 0.321. The van der Waals surface area contributed by atoms with Crippen LogP contribution in [0, 0.1) is 5.92 Å². The predicted molar refractivity (Wildman–Crippen MR) is 149 cm³/mol. The van der Waals surface area contributed by atoms with E-state index in [0.717, 1.165) is 0 Å². The molecule has 0 radical (unpaired) electrons. The van der Waals surface area contributed by atoms with E-state index >= 15 is 0 Å². The van der Waals surface area contributed by atoms with Crippen LogP contribution in [0.15, 0.2) is 36.4 Å². The molecule has 0 saturated heterocycles. The third kappa shape index (κ3) is 7.83. The number of ether oxygens (including phenoxy) is 9. The molecule has 0 aliphatic carbocycles. The molecule has 0 saturated carbocycles. The molecule has 3 aromatic carbocycles. The van der Waals surface area contributed by atoms with Crippen molar-refractivity contribution < 1.29 is 59.9 Å². The van der Waals surface area contributed by atoms with Gasteiger partial charge in [0.05, 0.1) is 69.9 Å². The van der Waals surface area contributed by atoms with Crippen LogP contribution in [0.3, 0.4) is 0 Å². The maximum Gasteiger partial charge on any atom is 0.673 e. The highest BCUT2D eigenvalue weighted by Crippen LogP contribution is 2.54. The van der Waals surface area contributed by atoms with Crippen molar-refractivity contribution in [1.82, 2.24) is 0 Å². The smallest absolute Gasteiger partial charge is 0.495 e. The van der Waals surface area contributed by atoms with Crippen LogP contribution in [0.25, 0.3) is 0 Å². The molecule has 0 N–H and O–H groups in total. The first kappa shape index (κ1) is 33.7. The van der Waals surface area contributed by atoms with Crippen molar-refractivity contribution in [1.29, 1.82) is 0 Å². The SMILES string of the molecule is COc1cc(OC)c([C+](c2c(OC)cc(OC)cc2OC)c2c(OC)cc(OC)cc2OC)c(OC)c1.F[B-](F)(F)F. The lowest BCUT2D eigenvalue weighted by molar-refractivity contribution is 0.360. The summed E-state index contributed by atoms with van der Waals surface area (Å²) in [5.74, 6) is 5.13. The maximum atomic E-state index is 9.75. The van der Waals surface area contributed by atoms with Crippen LogP contribution in [0.1, 0.15) is 16.7 Å². The number of hydrogen-bond donors (Lipinski definition) is 0. The van der Waals surface area contributed by atoms with E-state index in [0.29, 0.717) is 74.4 Å². The molecule has 9 nitrogen and oxygen atoms in total. The van der Waals surface area contributed by atoms with Crippen molar-refractivity contribution in [2.24, 2.45) is 0 Å². The summed E-state index contributed by atoms with van der Waals surface area (Å²) in [6.45, 7) is 0. The fourth-order valence-corrected chi connectivity index (χ4v) is 4.13. The Balaban J connectivity index is 0.00000113. The molecule has 0 bridgehead atoms. The summed E-state index contributed by atoms with van der Waals surface area (Å²) in [5, 5.41) is 0. The second kappa shape index (κ2) is 14.9. The van der Waals surface area contributed by atoms with Gasteiger partial charge < -0.3 is 59.9 Å². The van der Waals surface area contributed by atoms with Crippen LogP contribution in [-0.2, 0) is 0 Å². The molecule has 0 aromatic heterocycles. The van der Waals surface area contributed by atoms with Gasteiger partial charge in [-0.25, -0.2) is 0 Å². The Hall–Kier alpha value is -4.49. The van der Waals surface area contributed by atoms with E-state index in [1.54, 1.807) is 100 Å². The Morgan fingerprint density at radius 3 is 0.667 bits per heavy atom. The van der Waals surface area contributed by atoms with Crippen LogP contribution in [0.5, 0.6) is 51.7 Å². The van der Waals surface area contributed by atoms with Crippen LogP contribution < -0.4 is 42.6 Å². The lowest BCUT2D eigenvalue weighted by Gasteiger charge is -2.24. The summed E-state index contributed by atoms with van der Waals surface area (Å²) >= 11 is 0. The highest BCUT2D eigenvalue weighted by molar-refractivity contribution is 6.50. The van der Waals surface area contributed by atoms with Gasteiger partial charge in [-0.1, -0.05) is 0 Å². The average Bonchev–Trinajstić information content (AvgIpc) is 2.99. The molecule has 42 heavy (non-hydrogen) atoms. The van der Waals surface area contributed by atoms with Gasteiger partial charge in [-0.05, 0) is 0 Å². The quantitative estimate of drug-likeness (QED) is 0.106. The molecule has 0 heterocycles. The van der Waals surface area contributed by atoms with Gasteiger partial charge in [-0.2, -0.15) is 0 Å². The van der Waals surface area contributed by atoms with Gasteiger partial charge in [0, 0.05) is 36.4 Å². The van der Waals surface area contributed by atoms with E-state index in [-0.39, 0.29) is 0 Å². The van der Waals surface area contributed by atoms with Crippen molar-refractivity contribution in [2.45, 2.75) is 0 Å². The van der Waals surface area contributed by atoms with Crippen LogP contribution in [0.2, 0.25) is 0 Å². The van der Waals surface area contributed by atoms with Crippen molar-refractivity contribution in [2.75, 3.05) is 64.0 Å². The molecule has 0 aliphatic heterocycles. The van der Waals surface area contributed by atoms with Gasteiger partial charge in [0.2, 0.25) is 0 Å². The predicted octanol–water partition coefficient (Wildman–Crippen LogP) is 6.08. The second-order valence-corrected chi connectivity index (χ2v) is 8.09. The van der Waals surface area contributed by atoms with Crippen LogP contribution >= 0.6 is 0 Å². The Bertz CT molecular complexity index is 1100. The number of benzene rings is 3. The minimum absolute atomic E-state index is 0.478. The second-order valence-electron chi connectivity index (χ2n) is 8.09. The maximum absolute atomic E-state index is 9.75. The van der Waals surface area contributed by atoms with Gasteiger partial charge in [-0.3, -0.25) is 0 Å². The molecule has 0 fully saturated rings. The molecular formula is C28H33BF4O9. The molecular weight excluding hydrogens is 567 g/mol. The standard InChI is InChI=1S/C28H33O9.BF4/c1-29-16-10-19(32-4)25(20(11-16)33-5)28(26-21(34-6)12-17(30-2)13-22(26)35-7)27-23(36-8)14-18(31-3)15-24(27)37-9;2-1(3,4)5/h10-15H,1-9H3;/q+1;-1. The molecule has 0 amide bonds. The van der Waals surface area contributed by atoms with Crippen molar-refractivity contribution in [3.05, 3.63) is 59.0 Å². The topological polar surface area (TPSA) is 83.1 Å².